The van der Waals surface area contributed by atoms with Gasteiger partial charge in [0.25, 0.3) is 0 Å². The van der Waals surface area contributed by atoms with Crippen LogP contribution in [0.5, 0.6) is 0 Å². The van der Waals surface area contributed by atoms with E-state index in [0.717, 1.165) is 12.8 Å². The third-order valence-corrected chi connectivity index (χ3v) is 6.15. The van der Waals surface area contributed by atoms with Crippen LogP contribution in [0.3, 0.4) is 0 Å². The van der Waals surface area contributed by atoms with Crippen LogP contribution in [0.25, 0.3) is 0 Å². The molecule has 0 radical (unpaired) electrons. The van der Waals surface area contributed by atoms with E-state index in [1.54, 1.807) is 4.90 Å². The summed E-state index contributed by atoms with van der Waals surface area (Å²) >= 11 is 0. The van der Waals surface area contributed by atoms with Gasteiger partial charge in [0.1, 0.15) is 0 Å². The van der Waals surface area contributed by atoms with Crippen LogP contribution in [-0.2, 0) is 28.4 Å². The highest BCUT2D eigenvalue weighted by atomic mass is 19.4. The number of alkyl halides is 6. The van der Waals surface area contributed by atoms with E-state index < -0.39 is 29.6 Å². The molecule has 2 heterocycles. The van der Waals surface area contributed by atoms with Gasteiger partial charge in [0.2, 0.25) is 0 Å². The predicted molar refractivity (Wildman–Crippen MR) is 107 cm³/mol. The number of hydrogen-bond acceptors (Lipinski definition) is 4. The maximum Gasteiger partial charge on any atom is 0.416 e. The number of nitrogens with one attached hydrogen (secondary N) is 1. The molecule has 1 amide bonds. The number of carbonyl (C=O) groups is 1. The molecule has 0 bridgehead atoms. The van der Waals surface area contributed by atoms with Gasteiger partial charge in [-0.15, -0.1) is 0 Å². The van der Waals surface area contributed by atoms with Crippen molar-refractivity contribution in [2.24, 2.45) is 5.92 Å². The first-order valence-corrected chi connectivity index (χ1v) is 11.0. The maximum absolute atomic E-state index is 13.1. The van der Waals surface area contributed by atoms with Crippen molar-refractivity contribution in [3.05, 3.63) is 34.9 Å². The van der Waals surface area contributed by atoms with Crippen molar-refractivity contribution in [3.63, 3.8) is 0 Å². The lowest BCUT2D eigenvalue weighted by Crippen LogP contribution is -2.38. The number of hydrogen-bond donors (Lipinski definition) is 1. The van der Waals surface area contributed by atoms with Crippen molar-refractivity contribution in [1.82, 2.24) is 10.2 Å². The normalized spacial score (nSPS) is 22.6. The topological polar surface area (TPSA) is 50.8 Å². The average Bonchev–Trinajstić information content (AvgIpc) is 3.19. The molecule has 11 heteroatoms. The second-order valence-corrected chi connectivity index (χ2v) is 8.57. The molecule has 1 aromatic carbocycles. The molecular weight excluding hydrogens is 454 g/mol. The SMILES string of the molecule is CC[C@@H]1C[C@H](NCc2cc(C(F)(F)F)cc(C(F)(F)F)c2)CN1C(=O)OCC1CCOCC1. The van der Waals surface area contributed by atoms with E-state index in [1.807, 2.05) is 6.92 Å². The molecule has 33 heavy (non-hydrogen) atoms. The van der Waals surface area contributed by atoms with Gasteiger partial charge in [-0.25, -0.2) is 4.79 Å². The van der Waals surface area contributed by atoms with E-state index in [-0.39, 0.29) is 42.7 Å². The molecule has 5 nitrogen and oxygen atoms in total. The fourth-order valence-corrected chi connectivity index (χ4v) is 4.24. The highest BCUT2D eigenvalue weighted by molar-refractivity contribution is 5.68. The van der Waals surface area contributed by atoms with E-state index >= 15 is 0 Å². The van der Waals surface area contributed by atoms with E-state index in [2.05, 4.69) is 5.32 Å². The number of rotatable bonds is 6. The standard InChI is InChI=1S/C22H28F6N2O3/c1-2-19-10-18(12-30(19)20(31)33-13-14-3-5-32-6-4-14)29-11-15-7-16(21(23,24)25)9-17(8-15)22(26,27)28/h7-9,14,18-19,29H,2-6,10-13H2,1H3/t18-,19+/m0/s1. The number of benzene rings is 1. The first kappa shape index (κ1) is 25.6. The van der Waals surface area contributed by atoms with Crippen molar-refractivity contribution in [1.29, 1.82) is 0 Å². The largest absolute Gasteiger partial charge is 0.449 e. The Bertz CT molecular complexity index is 776. The quantitative estimate of drug-likeness (QED) is 0.565. The van der Waals surface area contributed by atoms with Crippen LogP contribution in [-0.4, -0.2) is 49.4 Å². The minimum absolute atomic E-state index is 0.113. The zero-order valence-electron chi connectivity index (χ0n) is 18.3. The lowest BCUT2D eigenvalue weighted by molar-refractivity contribution is -0.143. The Hall–Kier alpha value is -2.01. The van der Waals surface area contributed by atoms with Gasteiger partial charge in [0.05, 0.1) is 17.7 Å². The highest BCUT2D eigenvalue weighted by Gasteiger charge is 2.38. The second kappa shape index (κ2) is 10.5. The molecule has 2 aliphatic heterocycles. The Kier molecular flexibility index (Phi) is 8.15. The number of carbonyl (C=O) groups excluding carboxylic acids is 1. The smallest absolute Gasteiger partial charge is 0.416 e. The van der Waals surface area contributed by atoms with Gasteiger partial charge >= 0.3 is 18.4 Å². The Balaban J connectivity index is 1.60. The molecule has 2 fully saturated rings. The predicted octanol–water partition coefficient (Wildman–Crippen LogP) is 5.23. The first-order valence-electron chi connectivity index (χ1n) is 11.0. The number of amides is 1. The monoisotopic (exact) mass is 482 g/mol. The number of likely N-dealkylation sites (tertiary alicyclic amines) is 1. The molecule has 0 saturated carbocycles. The van der Waals surface area contributed by atoms with Crippen LogP contribution >= 0.6 is 0 Å². The summed E-state index contributed by atoms with van der Waals surface area (Å²) in [5.74, 6) is 0.253. The van der Waals surface area contributed by atoms with Crippen LogP contribution in [0, 0.1) is 5.92 Å². The van der Waals surface area contributed by atoms with E-state index in [0.29, 0.717) is 44.8 Å². The van der Waals surface area contributed by atoms with Gasteiger partial charge in [-0.2, -0.15) is 26.3 Å². The molecule has 3 rings (SSSR count). The van der Waals surface area contributed by atoms with Crippen molar-refractivity contribution in [3.8, 4) is 0 Å². The van der Waals surface area contributed by atoms with Gasteiger partial charge in [0.15, 0.2) is 0 Å². The second-order valence-electron chi connectivity index (χ2n) is 8.57. The molecule has 2 saturated heterocycles. The van der Waals surface area contributed by atoms with Crippen LogP contribution < -0.4 is 5.32 Å². The molecule has 1 aromatic rings. The molecule has 0 unspecified atom stereocenters. The van der Waals surface area contributed by atoms with Crippen molar-refractivity contribution >= 4 is 6.09 Å². The van der Waals surface area contributed by atoms with Crippen LogP contribution in [0.1, 0.15) is 49.3 Å². The highest BCUT2D eigenvalue weighted by Crippen LogP contribution is 2.36. The fraction of sp³-hybridized carbons (Fsp3) is 0.682. The van der Waals surface area contributed by atoms with Crippen molar-refractivity contribution in [2.45, 2.75) is 63.6 Å². The summed E-state index contributed by atoms with van der Waals surface area (Å²) in [4.78, 5) is 14.2. The van der Waals surface area contributed by atoms with Gasteiger partial charge < -0.3 is 19.7 Å². The Morgan fingerprint density at radius 2 is 1.70 bits per heavy atom. The minimum atomic E-state index is -4.89. The summed E-state index contributed by atoms with van der Waals surface area (Å²) in [6.07, 6.45) is -7.38. The molecule has 2 aliphatic rings. The van der Waals surface area contributed by atoms with Crippen molar-refractivity contribution in [2.75, 3.05) is 26.4 Å². The number of nitrogens with zero attached hydrogens (tertiary/aromatic N) is 1. The van der Waals surface area contributed by atoms with Crippen LogP contribution in [0.15, 0.2) is 18.2 Å². The lowest BCUT2D eigenvalue weighted by Gasteiger charge is -2.26. The molecular formula is C22H28F6N2O3. The van der Waals surface area contributed by atoms with Crippen LogP contribution in [0.4, 0.5) is 31.1 Å². The third-order valence-electron chi connectivity index (χ3n) is 6.15. The van der Waals surface area contributed by atoms with Crippen LogP contribution in [0.2, 0.25) is 0 Å². The van der Waals surface area contributed by atoms with Gasteiger partial charge in [-0.1, -0.05) is 6.92 Å². The first-order chi connectivity index (χ1) is 15.5. The van der Waals surface area contributed by atoms with Crippen molar-refractivity contribution < 1.29 is 40.6 Å². The van der Waals surface area contributed by atoms with E-state index in [4.69, 9.17) is 9.47 Å². The zero-order chi connectivity index (χ0) is 24.2. The van der Waals surface area contributed by atoms with Gasteiger partial charge in [0, 0.05) is 38.4 Å². The summed E-state index contributed by atoms with van der Waals surface area (Å²) in [7, 11) is 0. The summed E-state index contributed by atoms with van der Waals surface area (Å²) in [6.45, 7) is 3.59. The summed E-state index contributed by atoms with van der Waals surface area (Å²) in [5.41, 5.74) is -2.80. The van der Waals surface area contributed by atoms with Gasteiger partial charge in [-0.3, -0.25) is 0 Å². The lowest BCUT2D eigenvalue weighted by atomic mass is 10.0. The summed E-state index contributed by atoms with van der Waals surface area (Å²) < 4.78 is 89.2. The number of halogens is 6. The summed E-state index contributed by atoms with van der Waals surface area (Å²) in [5, 5.41) is 3.01. The Morgan fingerprint density at radius 3 is 2.24 bits per heavy atom. The maximum atomic E-state index is 13.1. The number of ether oxygens (including phenoxy) is 2. The average molecular weight is 482 g/mol. The molecule has 0 aromatic heterocycles. The Morgan fingerprint density at radius 1 is 1.09 bits per heavy atom. The molecule has 2 atom stereocenters. The Labute approximate surface area is 188 Å². The molecule has 0 spiro atoms. The van der Waals surface area contributed by atoms with E-state index in [1.165, 1.54) is 0 Å². The molecule has 186 valence electrons. The minimum Gasteiger partial charge on any atom is -0.449 e. The molecule has 0 aliphatic carbocycles. The zero-order valence-corrected chi connectivity index (χ0v) is 18.3. The van der Waals surface area contributed by atoms with Gasteiger partial charge in [-0.05, 0) is 55.4 Å². The van der Waals surface area contributed by atoms with E-state index in [9.17, 15) is 31.1 Å². The summed E-state index contributed by atoms with van der Waals surface area (Å²) in [6, 6.07) is 1.16. The fourth-order valence-electron chi connectivity index (χ4n) is 4.24. The molecule has 1 N–H and O–H groups in total. The third kappa shape index (κ3) is 6.99.